The highest BCUT2D eigenvalue weighted by Gasteiger charge is 2.27. The van der Waals surface area contributed by atoms with Crippen LogP contribution in [-0.2, 0) is 0 Å². The van der Waals surface area contributed by atoms with Gasteiger partial charge in [0, 0.05) is 19.2 Å². The van der Waals surface area contributed by atoms with E-state index in [2.05, 4.69) is 0 Å². The van der Waals surface area contributed by atoms with Crippen LogP contribution in [0.5, 0.6) is 0 Å². The second-order valence-electron chi connectivity index (χ2n) is 3.43. The van der Waals surface area contributed by atoms with Crippen molar-refractivity contribution in [1.82, 2.24) is 0 Å². The molecule has 2 N–H and O–H groups in total. The molecule has 1 heterocycles. The molecular weight excluding hydrogens is 234 g/mol. The molecule has 0 aromatic heterocycles. The number of primary amides is 1. The Kier molecular flexibility index (Phi) is 2.43. The van der Waals surface area contributed by atoms with E-state index in [1.54, 1.807) is 0 Å². The summed E-state index contributed by atoms with van der Waals surface area (Å²) in [6, 6.07) is 2.53. The molecule has 16 heavy (non-hydrogen) atoms. The maximum Gasteiger partial charge on any atom is 0.288 e. The molecule has 0 spiro atoms. The first-order valence-corrected chi connectivity index (χ1v) is 4.91. The molecule has 1 aliphatic rings. The number of benzene rings is 1. The summed E-state index contributed by atoms with van der Waals surface area (Å²) in [5.41, 5.74) is 5.55. The number of nitro groups is 1. The monoisotopic (exact) mass is 241 g/mol. The molecule has 0 unspecified atom stereocenters. The van der Waals surface area contributed by atoms with Gasteiger partial charge in [0.15, 0.2) is 0 Å². The third-order valence-electron chi connectivity index (χ3n) is 2.32. The molecule has 2 rings (SSSR count). The number of hydrogen-bond acceptors (Lipinski definition) is 4. The quantitative estimate of drug-likeness (QED) is 0.489. The van der Waals surface area contributed by atoms with Crippen molar-refractivity contribution in [2.45, 2.75) is 0 Å². The molecule has 1 fully saturated rings. The Morgan fingerprint density at radius 1 is 1.50 bits per heavy atom. The van der Waals surface area contributed by atoms with E-state index in [0.717, 1.165) is 19.2 Å². The molecule has 6 nitrogen and oxygen atoms in total. The lowest BCUT2D eigenvalue weighted by Crippen LogP contribution is -2.14. The van der Waals surface area contributed by atoms with Gasteiger partial charge in [-0.2, -0.15) is 0 Å². The molecule has 7 heteroatoms. The summed E-state index contributed by atoms with van der Waals surface area (Å²) < 4.78 is 0. The van der Waals surface area contributed by atoms with Crippen molar-refractivity contribution in [3.63, 3.8) is 0 Å². The molecule has 1 amide bonds. The minimum Gasteiger partial charge on any atom is -0.367 e. The van der Waals surface area contributed by atoms with Gasteiger partial charge in [0.1, 0.15) is 5.02 Å². The fourth-order valence-corrected chi connectivity index (χ4v) is 1.67. The van der Waals surface area contributed by atoms with Gasteiger partial charge in [0.2, 0.25) is 0 Å². The Bertz CT molecular complexity index is 485. The zero-order valence-electron chi connectivity index (χ0n) is 8.14. The number of nitrogens with two attached hydrogens (primary N) is 1. The Morgan fingerprint density at radius 3 is 2.56 bits per heavy atom. The summed E-state index contributed by atoms with van der Waals surface area (Å²) in [6.45, 7) is 1.60. The normalized spacial score (nSPS) is 13.7. The maximum absolute atomic E-state index is 11.2. The molecule has 1 aromatic rings. The van der Waals surface area contributed by atoms with E-state index in [4.69, 9.17) is 17.3 Å². The maximum atomic E-state index is 11.2. The van der Waals surface area contributed by atoms with Gasteiger partial charge in [0.25, 0.3) is 11.6 Å². The Morgan fingerprint density at radius 2 is 2.12 bits per heavy atom. The highest BCUT2D eigenvalue weighted by molar-refractivity contribution is 6.33. The number of halogens is 1. The van der Waals surface area contributed by atoms with Gasteiger partial charge in [-0.25, -0.2) is 0 Å². The van der Waals surface area contributed by atoms with Crippen LogP contribution in [0.3, 0.4) is 0 Å². The van der Waals surface area contributed by atoms with Gasteiger partial charge in [0.05, 0.1) is 16.2 Å². The molecular formula is C9H8ClN3O3. The number of amides is 1. The molecule has 1 aromatic carbocycles. The van der Waals surface area contributed by atoms with E-state index in [0.29, 0.717) is 5.69 Å². The van der Waals surface area contributed by atoms with Crippen molar-refractivity contribution in [1.29, 1.82) is 0 Å². The minimum absolute atomic E-state index is 0.0110. The van der Waals surface area contributed by atoms with Crippen LogP contribution in [0.15, 0.2) is 12.1 Å². The zero-order chi connectivity index (χ0) is 11.9. The standard InChI is InChI=1S/C9H8ClN3O3/c10-6-4-7(12-1-2-12)5(9(11)14)3-8(6)13(15)16/h3-4H,1-2H2,(H2,11,14). The Balaban J connectivity index is 2.58. The number of nitro benzene ring substituents is 1. The molecule has 0 atom stereocenters. The average Bonchev–Trinajstić information content (AvgIpc) is 2.99. The van der Waals surface area contributed by atoms with E-state index in [1.165, 1.54) is 6.07 Å². The second kappa shape index (κ2) is 3.64. The van der Waals surface area contributed by atoms with Gasteiger partial charge in [-0.1, -0.05) is 11.6 Å². The van der Waals surface area contributed by atoms with Crippen LogP contribution in [0.25, 0.3) is 0 Å². The second-order valence-corrected chi connectivity index (χ2v) is 3.84. The molecule has 0 saturated carbocycles. The highest BCUT2D eigenvalue weighted by Crippen LogP contribution is 2.34. The van der Waals surface area contributed by atoms with Gasteiger partial charge in [-0.15, -0.1) is 0 Å². The van der Waals surface area contributed by atoms with Crippen LogP contribution in [0.4, 0.5) is 11.4 Å². The van der Waals surface area contributed by atoms with Crippen molar-refractivity contribution in [2.24, 2.45) is 5.73 Å². The lowest BCUT2D eigenvalue weighted by molar-refractivity contribution is -0.384. The number of hydrogen-bond donors (Lipinski definition) is 1. The van der Waals surface area contributed by atoms with Crippen molar-refractivity contribution < 1.29 is 9.72 Å². The van der Waals surface area contributed by atoms with E-state index < -0.39 is 10.8 Å². The van der Waals surface area contributed by atoms with E-state index in [9.17, 15) is 14.9 Å². The smallest absolute Gasteiger partial charge is 0.288 e. The van der Waals surface area contributed by atoms with Gasteiger partial charge >= 0.3 is 0 Å². The van der Waals surface area contributed by atoms with Crippen molar-refractivity contribution in [3.05, 3.63) is 32.8 Å². The molecule has 1 aliphatic heterocycles. The average molecular weight is 242 g/mol. The molecule has 0 aliphatic carbocycles. The Hall–Kier alpha value is -1.82. The van der Waals surface area contributed by atoms with Crippen LogP contribution in [0.2, 0.25) is 5.02 Å². The Labute approximate surface area is 95.7 Å². The summed E-state index contributed by atoms with van der Waals surface area (Å²) in [5, 5.41) is 10.7. The molecule has 0 radical (unpaired) electrons. The van der Waals surface area contributed by atoms with E-state index in [-0.39, 0.29) is 16.3 Å². The number of nitrogens with zero attached hydrogens (tertiary/aromatic N) is 2. The van der Waals surface area contributed by atoms with Crippen LogP contribution in [0, 0.1) is 10.1 Å². The summed E-state index contributed by atoms with van der Waals surface area (Å²) in [5.74, 6) is -0.693. The molecule has 0 bridgehead atoms. The van der Waals surface area contributed by atoms with Gasteiger partial charge in [-0.05, 0) is 6.07 Å². The van der Waals surface area contributed by atoms with Gasteiger partial charge in [-0.3, -0.25) is 14.9 Å². The van der Waals surface area contributed by atoms with Crippen LogP contribution < -0.4 is 10.6 Å². The van der Waals surface area contributed by atoms with Crippen molar-refractivity contribution >= 4 is 28.9 Å². The largest absolute Gasteiger partial charge is 0.367 e. The first-order valence-electron chi connectivity index (χ1n) is 4.53. The van der Waals surface area contributed by atoms with Crippen LogP contribution in [0.1, 0.15) is 10.4 Å². The van der Waals surface area contributed by atoms with E-state index >= 15 is 0 Å². The summed E-state index contributed by atoms with van der Waals surface area (Å²) in [7, 11) is 0. The lowest BCUT2D eigenvalue weighted by atomic mass is 10.1. The molecule has 1 saturated heterocycles. The lowest BCUT2D eigenvalue weighted by Gasteiger charge is -2.08. The first kappa shape index (κ1) is 10.7. The fourth-order valence-electron chi connectivity index (χ4n) is 1.44. The van der Waals surface area contributed by atoms with Crippen molar-refractivity contribution in [3.8, 4) is 0 Å². The van der Waals surface area contributed by atoms with E-state index in [1.807, 2.05) is 4.90 Å². The predicted molar refractivity (Wildman–Crippen MR) is 58.8 cm³/mol. The minimum atomic E-state index is -0.693. The number of carbonyl (C=O) groups is 1. The van der Waals surface area contributed by atoms with Crippen molar-refractivity contribution in [2.75, 3.05) is 18.0 Å². The van der Waals surface area contributed by atoms with Crippen LogP contribution >= 0.6 is 11.6 Å². The summed E-state index contributed by atoms with van der Waals surface area (Å²) in [4.78, 5) is 23.0. The summed E-state index contributed by atoms with van der Waals surface area (Å²) >= 11 is 5.75. The topological polar surface area (TPSA) is 89.2 Å². The predicted octanol–water partition coefficient (Wildman–Crippen LogP) is 1.17. The third-order valence-corrected chi connectivity index (χ3v) is 2.62. The number of anilines is 1. The first-order chi connectivity index (χ1) is 7.50. The SMILES string of the molecule is NC(=O)c1cc([N+](=O)[O-])c(Cl)cc1N1CC1. The van der Waals surface area contributed by atoms with Crippen LogP contribution in [-0.4, -0.2) is 23.9 Å². The summed E-state index contributed by atoms with van der Waals surface area (Å²) in [6.07, 6.45) is 0. The fraction of sp³-hybridized carbons (Fsp3) is 0.222. The number of rotatable bonds is 3. The third kappa shape index (κ3) is 1.79. The zero-order valence-corrected chi connectivity index (χ0v) is 8.90. The van der Waals surface area contributed by atoms with Gasteiger partial charge < -0.3 is 10.6 Å². The highest BCUT2D eigenvalue weighted by atomic mass is 35.5. The number of carbonyl (C=O) groups excluding carboxylic acids is 1. The molecule has 84 valence electrons.